The van der Waals surface area contributed by atoms with E-state index in [0.717, 1.165) is 5.56 Å². The Morgan fingerprint density at radius 3 is 1.93 bits per heavy atom. The lowest BCUT2D eigenvalue weighted by molar-refractivity contribution is 0.411. The normalized spacial score (nSPS) is 12.3. The average molecular weight is 448 g/mol. The smallest absolute Gasteiger partial charge is 0.313 e. The molecule has 0 aliphatic rings. The number of hydrogen-bond acceptors (Lipinski definition) is 5. The summed E-state index contributed by atoms with van der Waals surface area (Å²) in [5.41, 5.74) is 0.872. The second-order valence-electron chi connectivity index (χ2n) is 9.18. The second kappa shape index (κ2) is 8.34. The molecule has 0 saturated carbocycles. The van der Waals surface area contributed by atoms with Gasteiger partial charge in [-0.15, -0.1) is 0 Å². The Balaban J connectivity index is 2.44. The van der Waals surface area contributed by atoms with Crippen molar-refractivity contribution in [2.24, 2.45) is 0 Å². The molecule has 0 aromatic heterocycles. The van der Waals surface area contributed by atoms with E-state index in [9.17, 15) is 13.7 Å². The van der Waals surface area contributed by atoms with Gasteiger partial charge < -0.3 is 8.92 Å². The summed E-state index contributed by atoms with van der Waals surface area (Å²) in [6, 6.07) is 12.7. The van der Waals surface area contributed by atoms with Gasteiger partial charge in [0.25, 0.3) is 0 Å². The number of rotatable bonds is 7. The fraction of sp³-hybridized carbons (Fsp3) is 0.381. The van der Waals surface area contributed by atoms with E-state index in [0.29, 0.717) is 5.75 Å². The van der Waals surface area contributed by atoms with Crippen LogP contribution in [0, 0.1) is 11.3 Å². The van der Waals surface area contributed by atoms with Crippen LogP contribution in [0.3, 0.4) is 0 Å². The Labute approximate surface area is 176 Å². The lowest BCUT2D eigenvalue weighted by Crippen LogP contribution is -2.45. The summed E-state index contributed by atoms with van der Waals surface area (Å²) in [5.74, 6) is 0.166. The molecule has 0 saturated heterocycles. The molecule has 0 aliphatic carbocycles. The molecule has 2 aromatic rings. The van der Waals surface area contributed by atoms with Gasteiger partial charge >= 0.3 is 10.1 Å². The topological polar surface area (TPSA) is 76.4 Å². The van der Waals surface area contributed by atoms with Gasteiger partial charge in [0.2, 0.25) is 0 Å². The molecule has 0 heterocycles. The van der Waals surface area contributed by atoms with Gasteiger partial charge in [0, 0.05) is 6.07 Å². The van der Waals surface area contributed by atoms with E-state index in [2.05, 4.69) is 45.3 Å². The summed E-state index contributed by atoms with van der Waals surface area (Å²) >= 11 is 0. The van der Waals surface area contributed by atoms with Crippen molar-refractivity contribution >= 4 is 36.6 Å². The van der Waals surface area contributed by atoms with Gasteiger partial charge in [-0.25, -0.2) is 0 Å². The van der Waals surface area contributed by atoms with Gasteiger partial charge in [-0.1, -0.05) is 67.9 Å². The average Bonchev–Trinajstić information content (AvgIpc) is 2.59. The van der Waals surface area contributed by atoms with Crippen LogP contribution in [-0.2, 0) is 15.9 Å². The number of nitrogens with zero attached hydrogens (tertiary/aromatic N) is 1. The van der Waals surface area contributed by atoms with Crippen molar-refractivity contribution in [2.75, 3.05) is 7.11 Å². The zero-order valence-electron chi connectivity index (χ0n) is 18.2. The summed E-state index contributed by atoms with van der Waals surface area (Å²) in [5, 5.41) is 11.7. The fourth-order valence-electron chi connectivity index (χ4n) is 2.80. The molecule has 0 radical (unpaired) electrons. The highest BCUT2D eigenvalue weighted by atomic mass is 32.2. The Morgan fingerprint density at radius 2 is 1.48 bits per heavy atom. The molecule has 156 valence electrons. The highest BCUT2D eigenvalue weighted by Crippen LogP contribution is 2.26. The van der Waals surface area contributed by atoms with Crippen molar-refractivity contribution in [3.63, 3.8) is 0 Å². The van der Waals surface area contributed by atoms with E-state index < -0.39 is 26.3 Å². The summed E-state index contributed by atoms with van der Waals surface area (Å²) < 4.78 is 36.1. The quantitative estimate of drug-likeness (QED) is 0.479. The van der Waals surface area contributed by atoms with Gasteiger partial charge in [-0.05, 0) is 17.7 Å². The van der Waals surface area contributed by atoms with Gasteiger partial charge in [-0.3, -0.25) is 0 Å². The van der Waals surface area contributed by atoms with Crippen LogP contribution in [0.2, 0.25) is 39.3 Å². The lowest BCUT2D eigenvalue weighted by Gasteiger charge is -2.24. The van der Waals surface area contributed by atoms with E-state index in [1.54, 1.807) is 6.07 Å². The predicted octanol–water partition coefficient (Wildman–Crippen LogP) is 3.57. The maximum Gasteiger partial charge on any atom is 0.313 e. The first kappa shape index (κ1) is 23.2. The molecule has 0 bridgehead atoms. The number of nitriles is 1. The van der Waals surface area contributed by atoms with Crippen molar-refractivity contribution in [1.29, 1.82) is 5.26 Å². The highest BCUT2D eigenvalue weighted by Gasteiger charge is 2.25. The largest absolute Gasteiger partial charge is 0.497 e. The molecule has 0 aliphatic heterocycles. The van der Waals surface area contributed by atoms with E-state index in [-0.39, 0.29) is 17.1 Å². The van der Waals surface area contributed by atoms with Crippen LogP contribution in [0.5, 0.6) is 11.5 Å². The number of methoxy groups -OCH3 is 1. The minimum Gasteiger partial charge on any atom is -0.497 e. The minimum atomic E-state index is -3.95. The van der Waals surface area contributed by atoms with Crippen molar-refractivity contribution in [1.82, 2.24) is 0 Å². The first-order valence-electron chi connectivity index (χ1n) is 9.40. The van der Waals surface area contributed by atoms with Gasteiger partial charge in [0.05, 0.1) is 28.8 Å². The molecule has 0 spiro atoms. The molecule has 2 aromatic carbocycles. The first-order valence-corrected chi connectivity index (χ1v) is 18.0. The first-order chi connectivity index (χ1) is 13.2. The van der Waals surface area contributed by atoms with Crippen molar-refractivity contribution in [3.05, 3.63) is 47.5 Å². The maximum atomic E-state index is 12.8. The molecule has 0 fully saturated rings. The third kappa shape index (κ3) is 6.19. The van der Waals surface area contributed by atoms with E-state index >= 15 is 0 Å². The van der Waals surface area contributed by atoms with Crippen LogP contribution < -0.4 is 19.3 Å². The molecule has 5 nitrogen and oxygen atoms in total. The standard InChI is InChI=1S/C21H29NO4SSi2/c1-25-18-9-8-17(14-22)21(12-18)26-27(23,24)15-16-10-19(28(2,3)4)13-20(11-16)29(5,6)7/h8-13H,15H2,1-7H3. The molecule has 2 rings (SSSR count). The molecule has 0 unspecified atom stereocenters. The van der Waals surface area contributed by atoms with E-state index in [1.165, 1.54) is 29.6 Å². The van der Waals surface area contributed by atoms with Crippen LogP contribution >= 0.6 is 0 Å². The molecule has 0 atom stereocenters. The van der Waals surface area contributed by atoms with Crippen LogP contribution in [0.25, 0.3) is 0 Å². The zero-order chi connectivity index (χ0) is 22.0. The maximum absolute atomic E-state index is 12.8. The summed E-state index contributed by atoms with van der Waals surface area (Å²) in [4.78, 5) is 0. The molecule has 0 N–H and O–H groups in total. The van der Waals surface area contributed by atoms with Crippen LogP contribution in [0.1, 0.15) is 11.1 Å². The van der Waals surface area contributed by atoms with E-state index in [4.69, 9.17) is 8.92 Å². The molecular formula is C21H29NO4SSi2. The Bertz CT molecular complexity index is 1010. The Hall–Kier alpha value is -2.09. The van der Waals surface area contributed by atoms with Crippen molar-refractivity contribution in [3.8, 4) is 17.6 Å². The number of ether oxygens (including phenoxy) is 1. The fourth-order valence-corrected chi connectivity index (χ4v) is 6.41. The molecule has 0 amide bonds. The monoisotopic (exact) mass is 447 g/mol. The van der Waals surface area contributed by atoms with Gasteiger partial charge in [0.15, 0.2) is 5.75 Å². The highest BCUT2D eigenvalue weighted by molar-refractivity contribution is 7.86. The Kier molecular flexibility index (Phi) is 6.67. The second-order valence-corrected chi connectivity index (χ2v) is 20.9. The number of hydrogen-bond donors (Lipinski definition) is 0. The lowest BCUT2D eigenvalue weighted by atomic mass is 10.2. The van der Waals surface area contributed by atoms with Crippen LogP contribution in [-0.4, -0.2) is 31.7 Å². The van der Waals surface area contributed by atoms with Crippen molar-refractivity contribution < 1.29 is 17.3 Å². The van der Waals surface area contributed by atoms with Crippen LogP contribution in [0.15, 0.2) is 36.4 Å². The Morgan fingerprint density at radius 1 is 0.931 bits per heavy atom. The van der Waals surface area contributed by atoms with E-state index in [1.807, 2.05) is 18.2 Å². The number of benzene rings is 2. The third-order valence-corrected chi connectivity index (χ3v) is 9.76. The van der Waals surface area contributed by atoms with Crippen LogP contribution in [0.4, 0.5) is 0 Å². The molecular weight excluding hydrogens is 418 g/mol. The zero-order valence-corrected chi connectivity index (χ0v) is 21.0. The van der Waals surface area contributed by atoms with Gasteiger partial charge in [-0.2, -0.15) is 13.7 Å². The molecule has 8 heteroatoms. The predicted molar refractivity (Wildman–Crippen MR) is 123 cm³/mol. The van der Waals surface area contributed by atoms with Gasteiger partial charge in [0.1, 0.15) is 17.6 Å². The SMILES string of the molecule is COc1ccc(C#N)c(OS(=O)(=O)Cc2cc([Si](C)(C)C)cc([Si](C)(C)C)c2)c1. The minimum absolute atomic E-state index is 0.0152. The summed E-state index contributed by atoms with van der Waals surface area (Å²) in [6.45, 7) is 13.5. The summed E-state index contributed by atoms with van der Waals surface area (Å²) in [6.07, 6.45) is 0. The molecule has 29 heavy (non-hydrogen) atoms. The third-order valence-electron chi connectivity index (χ3n) is 4.59. The van der Waals surface area contributed by atoms with Crippen molar-refractivity contribution in [2.45, 2.75) is 45.0 Å². The summed E-state index contributed by atoms with van der Waals surface area (Å²) in [7, 11) is -5.72.